The van der Waals surface area contributed by atoms with Gasteiger partial charge in [0.15, 0.2) is 0 Å². The van der Waals surface area contributed by atoms with Gasteiger partial charge >= 0.3 is 0 Å². The lowest BCUT2D eigenvalue weighted by atomic mass is 9.79. The molecule has 12 heavy (non-hydrogen) atoms. The third-order valence-electron chi connectivity index (χ3n) is 2.98. The van der Waals surface area contributed by atoms with E-state index in [1.54, 1.807) is 0 Å². The molecule has 2 N–H and O–H groups in total. The monoisotopic (exact) mass is 169 g/mol. The van der Waals surface area contributed by atoms with Crippen molar-refractivity contribution < 1.29 is 4.79 Å². The first-order chi connectivity index (χ1) is 5.77. The molecule has 1 aliphatic rings. The van der Waals surface area contributed by atoms with Crippen molar-refractivity contribution in [3.63, 3.8) is 0 Å². The Labute approximate surface area is 74.5 Å². The van der Waals surface area contributed by atoms with E-state index in [0.717, 1.165) is 32.2 Å². The van der Waals surface area contributed by atoms with Gasteiger partial charge in [-0.2, -0.15) is 0 Å². The molecule has 0 spiro atoms. The van der Waals surface area contributed by atoms with Crippen LogP contribution in [-0.4, -0.2) is 12.3 Å². The molecule has 0 unspecified atom stereocenters. The number of hydrogen-bond acceptors (Lipinski definition) is 2. The van der Waals surface area contributed by atoms with Crippen LogP contribution in [0.5, 0.6) is 0 Å². The van der Waals surface area contributed by atoms with Crippen LogP contribution in [0.3, 0.4) is 0 Å². The lowest BCUT2D eigenvalue weighted by Gasteiger charge is -2.26. The summed E-state index contributed by atoms with van der Waals surface area (Å²) in [7, 11) is 0. The van der Waals surface area contributed by atoms with E-state index in [1.165, 1.54) is 0 Å². The molecule has 1 fully saturated rings. The lowest BCUT2D eigenvalue weighted by molar-refractivity contribution is -0.123. The maximum atomic E-state index is 11.3. The number of hydrogen-bond donors (Lipinski definition) is 1. The van der Waals surface area contributed by atoms with E-state index in [2.05, 4.69) is 0 Å². The summed E-state index contributed by atoms with van der Waals surface area (Å²) in [6, 6.07) is 0. The first-order valence-electron chi connectivity index (χ1n) is 5.00. The fourth-order valence-corrected chi connectivity index (χ4v) is 2.01. The fraction of sp³-hybridized carbons (Fsp3) is 0.900. The molecular weight excluding hydrogens is 150 g/mol. The highest BCUT2D eigenvalue weighted by atomic mass is 16.1. The number of Topliss-reactive ketones (excluding diaryl/α,β-unsaturated/α-hetero) is 1. The van der Waals surface area contributed by atoms with Crippen LogP contribution in [0.25, 0.3) is 0 Å². The molecule has 70 valence electrons. The highest BCUT2D eigenvalue weighted by Gasteiger charge is 2.23. The topological polar surface area (TPSA) is 43.1 Å². The number of rotatable bonds is 3. The summed E-state index contributed by atoms with van der Waals surface area (Å²) in [5.41, 5.74) is 5.57. The van der Waals surface area contributed by atoms with Crippen molar-refractivity contribution in [1.29, 1.82) is 0 Å². The van der Waals surface area contributed by atoms with E-state index in [9.17, 15) is 4.79 Å². The van der Waals surface area contributed by atoms with E-state index in [4.69, 9.17) is 5.73 Å². The average molecular weight is 169 g/mol. The van der Waals surface area contributed by atoms with Gasteiger partial charge in [-0.15, -0.1) is 0 Å². The van der Waals surface area contributed by atoms with Gasteiger partial charge in [-0.1, -0.05) is 6.92 Å². The molecule has 1 saturated carbocycles. The van der Waals surface area contributed by atoms with Crippen LogP contribution in [0, 0.1) is 11.8 Å². The van der Waals surface area contributed by atoms with Gasteiger partial charge in [-0.3, -0.25) is 4.79 Å². The molecule has 0 heterocycles. The molecule has 0 bridgehead atoms. The highest BCUT2D eigenvalue weighted by Crippen LogP contribution is 2.29. The number of carbonyl (C=O) groups is 1. The van der Waals surface area contributed by atoms with Gasteiger partial charge in [-0.25, -0.2) is 0 Å². The Bertz CT molecular complexity index is 148. The molecule has 0 radical (unpaired) electrons. The fourth-order valence-electron chi connectivity index (χ4n) is 2.01. The predicted octanol–water partition coefficient (Wildman–Crippen LogP) is 1.73. The Morgan fingerprint density at radius 1 is 1.33 bits per heavy atom. The predicted molar refractivity (Wildman–Crippen MR) is 49.8 cm³/mol. The zero-order chi connectivity index (χ0) is 8.97. The van der Waals surface area contributed by atoms with Gasteiger partial charge in [0, 0.05) is 12.3 Å². The largest absolute Gasteiger partial charge is 0.330 e. The van der Waals surface area contributed by atoms with Crippen LogP contribution in [0.4, 0.5) is 0 Å². The minimum Gasteiger partial charge on any atom is -0.330 e. The Kier molecular flexibility index (Phi) is 3.73. The molecule has 0 aromatic heterocycles. The third kappa shape index (κ3) is 2.31. The van der Waals surface area contributed by atoms with Crippen LogP contribution in [0.2, 0.25) is 0 Å². The van der Waals surface area contributed by atoms with Gasteiger partial charge in [0.1, 0.15) is 5.78 Å². The molecule has 0 aromatic rings. The van der Waals surface area contributed by atoms with Gasteiger partial charge in [-0.05, 0) is 38.1 Å². The standard InChI is InChI=1S/C10H19NO/c1-2-10(12)9-5-3-8(7-11)4-6-9/h8-9H,2-7,11H2,1H3. The van der Waals surface area contributed by atoms with Crippen molar-refractivity contribution in [3.8, 4) is 0 Å². The van der Waals surface area contributed by atoms with Crippen molar-refractivity contribution in [1.82, 2.24) is 0 Å². The second-order valence-corrected chi connectivity index (χ2v) is 3.77. The van der Waals surface area contributed by atoms with Gasteiger partial charge in [0.25, 0.3) is 0 Å². The first-order valence-corrected chi connectivity index (χ1v) is 5.00. The van der Waals surface area contributed by atoms with E-state index >= 15 is 0 Å². The van der Waals surface area contributed by atoms with Gasteiger partial charge in [0.05, 0.1) is 0 Å². The van der Waals surface area contributed by atoms with E-state index in [-0.39, 0.29) is 0 Å². The number of ketones is 1. The van der Waals surface area contributed by atoms with E-state index in [1.807, 2.05) is 6.92 Å². The number of nitrogens with two attached hydrogens (primary N) is 1. The van der Waals surface area contributed by atoms with Crippen LogP contribution in [0.15, 0.2) is 0 Å². The molecule has 1 rings (SSSR count). The van der Waals surface area contributed by atoms with Crippen molar-refractivity contribution >= 4 is 5.78 Å². The second kappa shape index (κ2) is 4.61. The molecule has 0 saturated heterocycles. The van der Waals surface area contributed by atoms with Gasteiger partial charge < -0.3 is 5.73 Å². The SMILES string of the molecule is CCC(=O)C1CCC(CN)CC1. The maximum Gasteiger partial charge on any atom is 0.135 e. The molecule has 0 aromatic carbocycles. The second-order valence-electron chi connectivity index (χ2n) is 3.77. The van der Waals surface area contributed by atoms with Crippen LogP contribution in [0.1, 0.15) is 39.0 Å². The van der Waals surface area contributed by atoms with Gasteiger partial charge in [0.2, 0.25) is 0 Å². The zero-order valence-corrected chi connectivity index (χ0v) is 7.88. The van der Waals surface area contributed by atoms with Crippen molar-refractivity contribution in [2.75, 3.05) is 6.54 Å². The highest BCUT2D eigenvalue weighted by molar-refractivity contribution is 5.80. The van der Waals surface area contributed by atoms with Crippen LogP contribution >= 0.6 is 0 Å². The molecule has 0 atom stereocenters. The summed E-state index contributed by atoms with van der Waals surface area (Å²) in [4.78, 5) is 11.3. The normalized spacial score (nSPS) is 30.2. The Hall–Kier alpha value is -0.370. The minimum absolute atomic E-state index is 0.359. The van der Waals surface area contributed by atoms with Crippen molar-refractivity contribution in [2.45, 2.75) is 39.0 Å². The average Bonchev–Trinajstić information content (AvgIpc) is 2.17. The van der Waals surface area contributed by atoms with Crippen LogP contribution < -0.4 is 5.73 Å². The molecule has 0 amide bonds. The number of carbonyl (C=O) groups excluding carboxylic acids is 1. The molecule has 1 aliphatic carbocycles. The first kappa shape index (κ1) is 9.72. The minimum atomic E-state index is 0.359. The lowest BCUT2D eigenvalue weighted by Crippen LogP contribution is -2.25. The summed E-state index contributed by atoms with van der Waals surface area (Å²) >= 11 is 0. The smallest absolute Gasteiger partial charge is 0.135 e. The molecule has 0 aliphatic heterocycles. The van der Waals surface area contributed by atoms with E-state index < -0.39 is 0 Å². The Balaban J connectivity index is 2.30. The van der Waals surface area contributed by atoms with Crippen LogP contribution in [-0.2, 0) is 4.79 Å². The summed E-state index contributed by atoms with van der Waals surface area (Å²) in [5.74, 6) is 1.49. The summed E-state index contributed by atoms with van der Waals surface area (Å²) < 4.78 is 0. The zero-order valence-electron chi connectivity index (χ0n) is 7.88. The summed E-state index contributed by atoms with van der Waals surface area (Å²) in [6.45, 7) is 2.75. The van der Waals surface area contributed by atoms with E-state index in [0.29, 0.717) is 24.0 Å². The maximum absolute atomic E-state index is 11.3. The third-order valence-corrected chi connectivity index (χ3v) is 2.98. The van der Waals surface area contributed by atoms with Crippen molar-refractivity contribution in [2.24, 2.45) is 17.6 Å². The Morgan fingerprint density at radius 2 is 1.92 bits per heavy atom. The summed E-state index contributed by atoms with van der Waals surface area (Å²) in [5, 5.41) is 0. The van der Waals surface area contributed by atoms with Crippen molar-refractivity contribution in [3.05, 3.63) is 0 Å². The molecular formula is C10H19NO. The Morgan fingerprint density at radius 3 is 2.33 bits per heavy atom. The molecule has 2 heteroatoms. The summed E-state index contributed by atoms with van der Waals surface area (Å²) in [6.07, 6.45) is 5.18. The quantitative estimate of drug-likeness (QED) is 0.699. The molecule has 2 nitrogen and oxygen atoms in total.